The highest BCUT2D eigenvalue weighted by Crippen LogP contribution is 2.26. The molecular weight excluding hydrogens is 261 g/mol. The minimum atomic E-state index is -4.37. The molecular formula is C9H8ClF3N2O2. The van der Waals surface area contributed by atoms with Crippen molar-refractivity contribution in [2.24, 2.45) is 0 Å². The number of nitro benzene ring substituents is 1. The predicted octanol–water partition coefficient (Wildman–Crippen LogP) is 2.90. The SMILES string of the molecule is O=[N+]([O-])c1cccc(Cl)c1CNCC(F)(F)F. The molecule has 0 fully saturated rings. The Hall–Kier alpha value is -1.34. The Morgan fingerprint density at radius 3 is 2.59 bits per heavy atom. The number of hydrogen-bond acceptors (Lipinski definition) is 3. The van der Waals surface area contributed by atoms with Gasteiger partial charge in [0.25, 0.3) is 5.69 Å². The van der Waals surface area contributed by atoms with Gasteiger partial charge in [-0.25, -0.2) is 0 Å². The van der Waals surface area contributed by atoms with Crippen LogP contribution in [0.5, 0.6) is 0 Å². The van der Waals surface area contributed by atoms with Crippen LogP contribution >= 0.6 is 11.6 Å². The van der Waals surface area contributed by atoms with Crippen LogP contribution in [0.3, 0.4) is 0 Å². The molecule has 0 saturated carbocycles. The minimum absolute atomic E-state index is 0.0448. The van der Waals surface area contributed by atoms with E-state index in [1.807, 2.05) is 0 Å². The fourth-order valence-corrected chi connectivity index (χ4v) is 1.46. The van der Waals surface area contributed by atoms with Gasteiger partial charge in [-0.15, -0.1) is 0 Å². The van der Waals surface area contributed by atoms with Crippen molar-refractivity contribution in [1.29, 1.82) is 0 Å². The molecule has 1 N–H and O–H groups in total. The molecule has 0 unspecified atom stereocenters. The Bertz CT molecular complexity index is 423. The molecule has 17 heavy (non-hydrogen) atoms. The van der Waals surface area contributed by atoms with Crippen molar-refractivity contribution in [2.75, 3.05) is 6.54 Å². The van der Waals surface area contributed by atoms with Gasteiger partial charge in [-0.1, -0.05) is 17.7 Å². The first kappa shape index (κ1) is 13.7. The Balaban J connectivity index is 2.79. The van der Waals surface area contributed by atoms with Gasteiger partial charge in [0.05, 0.1) is 22.1 Å². The van der Waals surface area contributed by atoms with Gasteiger partial charge in [0.1, 0.15) is 0 Å². The van der Waals surface area contributed by atoms with E-state index >= 15 is 0 Å². The Morgan fingerprint density at radius 1 is 1.41 bits per heavy atom. The molecule has 0 saturated heterocycles. The lowest BCUT2D eigenvalue weighted by Crippen LogP contribution is -2.28. The van der Waals surface area contributed by atoms with Crippen molar-refractivity contribution >= 4 is 17.3 Å². The first-order valence-electron chi connectivity index (χ1n) is 4.50. The average molecular weight is 269 g/mol. The number of nitrogens with zero attached hydrogens (tertiary/aromatic N) is 1. The quantitative estimate of drug-likeness (QED) is 0.675. The molecule has 0 aliphatic carbocycles. The summed E-state index contributed by atoms with van der Waals surface area (Å²) in [6, 6.07) is 3.95. The van der Waals surface area contributed by atoms with Crippen LogP contribution in [0.25, 0.3) is 0 Å². The number of rotatable bonds is 4. The topological polar surface area (TPSA) is 55.2 Å². The third kappa shape index (κ3) is 4.20. The molecule has 8 heteroatoms. The molecule has 0 bridgehead atoms. The van der Waals surface area contributed by atoms with E-state index in [0.717, 1.165) is 0 Å². The van der Waals surface area contributed by atoms with E-state index in [2.05, 4.69) is 5.32 Å². The summed E-state index contributed by atoms with van der Waals surface area (Å²) in [5.74, 6) is 0. The Kier molecular flexibility index (Phi) is 4.30. The first-order chi connectivity index (χ1) is 7.81. The molecule has 0 aliphatic heterocycles. The summed E-state index contributed by atoms with van der Waals surface area (Å²) in [4.78, 5) is 9.95. The fourth-order valence-electron chi connectivity index (χ4n) is 1.22. The summed E-state index contributed by atoms with van der Waals surface area (Å²) >= 11 is 5.70. The summed E-state index contributed by atoms with van der Waals surface area (Å²) in [5.41, 5.74) is -0.254. The largest absolute Gasteiger partial charge is 0.401 e. The van der Waals surface area contributed by atoms with Crippen molar-refractivity contribution in [3.05, 3.63) is 38.9 Å². The number of halogens is 4. The van der Waals surface area contributed by atoms with Crippen molar-refractivity contribution in [3.63, 3.8) is 0 Å². The van der Waals surface area contributed by atoms with E-state index in [0.29, 0.717) is 0 Å². The summed E-state index contributed by atoms with van der Waals surface area (Å²) in [6.07, 6.45) is -4.37. The van der Waals surface area contributed by atoms with E-state index in [-0.39, 0.29) is 22.8 Å². The van der Waals surface area contributed by atoms with Crippen LogP contribution in [0.4, 0.5) is 18.9 Å². The van der Waals surface area contributed by atoms with Crippen molar-refractivity contribution in [1.82, 2.24) is 5.32 Å². The fraction of sp³-hybridized carbons (Fsp3) is 0.333. The van der Waals surface area contributed by atoms with Crippen LogP contribution in [-0.4, -0.2) is 17.6 Å². The van der Waals surface area contributed by atoms with Crippen LogP contribution < -0.4 is 5.32 Å². The van der Waals surface area contributed by atoms with Crippen LogP contribution in [0.1, 0.15) is 5.56 Å². The maximum Gasteiger partial charge on any atom is 0.401 e. The summed E-state index contributed by atoms with van der Waals surface area (Å²) < 4.78 is 35.7. The zero-order valence-corrected chi connectivity index (χ0v) is 9.18. The van der Waals surface area contributed by atoms with Crippen LogP contribution in [0.15, 0.2) is 18.2 Å². The maximum atomic E-state index is 11.9. The van der Waals surface area contributed by atoms with Gasteiger partial charge in [0.2, 0.25) is 0 Å². The molecule has 0 atom stereocenters. The number of alkyl halides is 3. The maximum absolute atomic E-state index is 11.9. The molecule has 4 nitrogen and oxygen atoms in total. The zero-order valence-electron chi connectivity index (χ0n) is 8.42. The molecule has 0 spiro atoms. The van der Waals surface area contributed by atoms with Crippen LogP contribution in [-0.2, 0) is 6.54 Å². The van der Waals surface area contributed by atoms with E-state index in [1.54, 1.807) is 0 Å². The van der Waals surface area contributed by atoms with Crippen LogP contribution in [0, 0.1) is 10.1 Å². The third-order valence-electron chi connectivity index (χ3n) is 1.92. The first-order valence-corrected chi connectivity index (χ1v) is 4.88. The van der Waals surface area contributed by atoms with Gasteiger partial charge in [-0.05, 0) is 6.07 Å². The van der Waals surface area contributed by atoms with E-state index < -0.39 is 17.6 Å². The monoisotopic (exact) mass is 268 g/mol. The highest BCUT2D eigenvalue weighted by Gasteiger charge is 2.27. The van der Waals surface area contributed by atoms with E-state index in [9.17, 15) is 23.3 Å². The van der Waals surface area contributed by atoms with E-state index in [1.165, 1.54) is 18.2 Å². The van der Waals surface area contributed by atoms with Gasteiger partial charge in [0, 0.05) is 12.6 Å². The van der Waals surface area contributed by atoms with E-state index in [4.69, 9.17) is 11.6 Å². The van der Waals surface area contributed by atoms with Gasteiger partial charge in [-0.2, -0.15) is 13.2 Å². The number of nitro groups is 1. The molecule has 94 valence electrons. The van der Waals surface area contributed by atoms with Crippen molar-refractivity contribution < 1.29 is 18.1 Å². The van der Waals surface area contributed by atoms with Crippen molar-refractivity contribution in [3.8, 4) is 0 Å². The minimum Gasteiger partial charge on any atom is -0.304 e. The summed E-state index contributed by atoms with van der Waals surface area (Å²) in [5, 5.41) is 12.8. The lowest BCUT2D eigenvalue weighted by Gasteiger charge is -2.09. The lowest BCUT2D eigenvalue weighted by atomic mass is 10.2. The molecule has 1 rings (SSSR count). The second-order valence-corrected chi connectivity index (χ2v) is 3.62. The average Bonchev–Trinajstić information content (AvgIpc) is 2.18. The molecule has 0 amide bonds. The van der Waals surface area contributed by atoms with Gasteiger partial charge < -0.3 is 5.32 Å². The Morgan fingerprint density at radius 2 is 2.06 bits per heavy atom. The highest BCUT2D eigenvalue weighted by molar-refractivity contribution is 6.31. The lowest BCUT2D eigenvalue weighted by molar-refractivity contribution is -0.385. The van der Waals surface area contributed by atoms with Crippen LogP contribution in [0.2, 0.25) is 5.02 Å². The predicted molar refractivity (Wildman–Crippen MR) is 55.9 cm³/mol. The summed E-state index contributed by atoms with van der Waals surface area (Å²) in [7, 11) is 0. The second kappa shape index (κ2) is 5.33. The summed E-state index contributed by atoms with van der Waals surface area (Å²) in [6.45, 7) is -1.54. The molecule has 0 aromatic heterocycles. The normalized spacial score (nSPS) is 11.5. The zero-order chi connectivity index (χ0) is 13.1. The van der Waals surface area contributed by atoms with Crippen molar-refractivity contribution in [2.45, 2.75) is 12.7 Å². The smallest absolute Gasteiger partial charge is 0.304 e. The number of benzene rings is 1. The molecule has 0 aliphatic rings. The van der Waals surface area contributed by atoms with Gasteiger partial charge >= 0.3 is 6.18 Å². The second-order valence-electron chi connectivity index (χ2n) is 3.21. The number of hydrogen-bond donors (Lipinski definition) is 1. The van der Waals surface area contributed by atoms with Gasteiger partial charge in [-0.3, -0.25) is 10.1 Å². The molecule has 0 radical (unpaired) electrons. The number of nitrogens with one attached hydrogen (secondary N) is 1. The molecule has 1 aromatic carbocycles. The standard InChI is InChI=1S/C9H8ClF3N2O2/c10-7-2-1-3-8(15(16)17)6(7)4-14-5-9(11,12)13/h1-3,14H,4-5H2. The third-order valence-corrected chi connectivity index (χ3v) is 2.27. The molecule has 1 aromatic rings. The molecule has 0 heterocycles. The Labute approximate surface area is 99.5 Å². The van der Waals surface area contributed by atoms with Gasteiger partial charge in [0.15, 0.2) is 0 Å². The highest BCUT2D eigenvalue weighted by atomic mass is 35.5.